The highest BCUT2D eigenvalue weighted by Gasteiger charge is 2.19. The number of piperidine rings is 1. The van der Waals surface area contributed by atoms with Gasteiger partial charge < -0.3 is 15.3 Å². The van der Waals surface area contributed by atoms with Crippen molar-refractivity contribution in [1.82, 2.24) is 10.2 Å². The van der Waals surface area contributed by atoms with Crippen molar-refractivity contribution in [2.45, 2.75) is 32.4 Å². The van der Waals surface area contributed by atoms with Gasteiger partial charge >= 0.3 is 0 Å². The number of benzene rings is 1. The van der Waals surface area contributed by atoms with Gasteiger partial charge in [-0.25, -0.2) is 0 Å². The largest absolute Gasteiger partial charge is 0.392 e. The van der Waals surface area contributed by atoms with Crippen LogP contribution < -0.4 is 5.32 Å². The third kappa shape index (κ3) is 5.52. The minimum absolute atomic E-state index is 0.206. The number of nitrogens with one attached hydrogen (secondary N) is 1. The van der Waals surface area contributed by atoms with E-state index in [1.54, 1.807) is 0 Å². The van der Waals surface area contributed by atoms with Crippen molar-refractivity contribution in [2.75, 3.05) is 26.2 Å². The fourth-order valence-electron chi connectivity index (χ4n) is 2.77. The summed E-state index contributed by atoms with van der Waals surface area (Å²) < 4.78 is 1.13. The van der Waals surface area contributed by atoms with E-state index >= 15 is 0 Å². The summed E-state index contributed by atoms with van der Waals surface area (Å²) in [5.41, 5.74) is 1.33. The molecule has 1 aromatic carbocycles. The van der Waals surface area contributed by atoms with Crippen LogP contribution in [0.2, 0.25) is 0 Å². The van der Waals surface area contributed by atoms with Crippen molar-refractivity contribution in [3.63, 3.8) is 0 Å². The van der Waals surface area contributed by atoms with E-state index in [1.165, 1.54) is 18.4 Å². The van der Waals surface area contributed by atoms with Crippen molar-refractivity contribution in [1.29, 1.82) is 0 Å². The summed E-state index contributed by atoms with van der Waals surface area (Å²) in [6, 6.07) is 8.49. The van der Waals surface area contributed by atoms with Gasteiger partial charge in [-0.15, -0.1) is 0 Å². The molecule has 2 rings (SSSR count). The molecule has 0 radical (unpaired) electrons. The molecule has 2 N–H and O–H groups in total. The highest BCUT2D eigenvalue weighted by atomic mass is 79.9. The average molecular weight is 341 g/mol. The molecule has 1 aliphatic rings. The fraction of sp³-hybridized carbons (Fsp3) is 0.625. The summed E-state index contributed by atoms with van der Waals surface area (Å²) in [5, 5.41) is 13.0. The van der Waals surface area contributed by atoms with Gasteiger partial charge in [-0.2, -0.15) is 0 Å². The Morgan fingerprint density at radius 2 is 1.95 bits per heavy atom. The molecule has 1 atom stereocenters. The molecule has 1 heterocycles. The Labute approximate surface area is 130 Å². The molecule has 3 nitrogen and oxygen atoms in total. The molecule has 1 aliphatic heterocycles. The zero-order valence-corrected chi connectivity index (χ0v) is 13.8. The Kier molecular flexibility index (Phi) is 6.49. The van der Waals surface area contributed by atoms with Crippen molar-refractivity contribution in [3.05, 3.63) is 34.3 Å². The van der Waals surface area contributed by atoms with E-state index in [0.717, 1.165) is 43.1 Å². The first-order valence-corrected chi connectivity index (χ1v) is 8.28. The van der Waals surface area contributed by atoms with E-state index in [4.69, 9.17) is 0 Å². The second kappa shape index (κ2) is 8.13. The maximum atomic E-state index is 9.40. The molecule has 1 fully saturated rings. The van der Waals surface area contributed by atoms with Crippen molar-refractivity contribution in [3.8, 4) is 0 Å². The van der Waals surface area contributed by atoms with Crippen molar-refractivity contribution < 1.29 is 5.11 Å². The van der Waals surface area contributed by atoms with Gasteiger partial charge in [0.1, 0.15) is 0 Å². The molecule has 0 aromatic heterocycles. The molecule has 0 bridgehead atoms. The molecule has 0 amide bonds. The summed E-state index contributed by atoms with van der Waals surface area (Å²) in [5.74, 6) is 0.774. The maximum Gasteiger partial charge on any atom is 0.0639 e. The second-order valence-electron chi connectivity index (χ2n) is 5.85. The lowest BCUT2D eigenvalue weighted by atomic mass is 9.96. The second-order valence-corrected chi connectivity index (χ2v) is 6.77. The number of likely N-dealkylation sites (tertiary alicyclic amines) is 1. The molecule has 0 unspecified atom stereocenters. The summed E-state index contributed by atoms with van der Waals surface area (Å²) in [4.78, 5) is 2.37. The summed E-state index contributed by atoms with van der Waals surface area (Å²) >= 11 is 3.46. The SMILES string of the molecule is C[C@H](O)CN1CCC(CNCc2ccc(Br)cc2)CC1. The minimum Gasteiger partial charge on any atom is -0.392 e. The minimum atomic E-state index is -0.206. The molecule has 112 valence electrons. The third-order valence-corrected chi connectivity index (χ3v) is 4.43. The molecule has 0 spiro atoms. The number of nitrogens with zero attached hydrogens (tertiary/aromatic N) is 1. The smallest absolute Gasteiger partial charge is 0.0639 e. The third-order valence-electron chi connectivity index (χ3n) is 3.90. The Morgan fingerprint density at radius 1 is 1.30 bits per heavy atom. The topological polar surface area (TPSA) is 35.5 Å². The van der Waals surface area contributed by atoms with Gasteiger partial charge in [0.2, 0.25) is 0 Å². The van der Waals surface area contributed by atoms with Crippen LogP contribution in [0, 0.1) is 5.92 Å². The number of hydrogen-bond donors (Lipinski definition) is 2. The summed E-state index contributed by atoms with van der Waals surface area (Å²) in [7, 11) is 0. The molecule has 20 heavy (non-hydrogen) atoms. The number of halogens is 1. The first kappa shape index (κ1) is 16.0. The lowest BCUT2D eigenvalue weighted by molar-refractivity contribution is 0.0998. The molecule has 4 heteroatoms. The van der Waals surface area contributed by atoms with Crippen molar-refractivity contribution >= 4 is 15.9 Å². The highest BCUT2D eigenvalue weighted by molar-refractivity contribution is 9.10. The molecular formula is C16H25BrN2O. The lowest BCUT2D eigenvalue weighted by Crippen LogP contribution is -2.40. The predicted octanol–water partition coefficient (Wildman–Crippen LogP) is 2.63. The number of rotatable bonds is 6. The first-order valence-electron chi connectivity index (χ1n) is 7.49. The van der Waals surface area contributed by atoms with E-state index in [-0.39, 0.29) is 6.10 Å². The van der Waals surface area contributed by atoms with Crippen LogP contribution in [0.3, 0.4) is 0 Å². The quantitative estimate of drug-likeness (QED) is 0.835. The van der Waals surface area contributed by atoms with E-state index in [0.29, 0.717) is 0 Å². The van der Waals surface area contributed by atoms with Gasteiger partial charge in [0.25, 0.3) is 0 Å². The van der Waals surface area contributed by atoms with Gasteiger partial charge in [0.15, 0.2) is 0 Å². The van der Waals surface area contributed by atoms with Gasteiger partial charge in [-0.05, 0) is 63.0 Å². The van der Waals surface area contributed by atoms with Gasteiger partial charge in [-0.3, -0.25) is 0 Å². The normalized spacial score (nSPS) is 19.1. The predicted molar refractivity (Wildman–Crippen MR) is 86.7 cm³/mol. The van der Waals surface area contributed by atoms with Crippen LogP contribution in [0.15, 0.2) is 28.7 Å². The Bertz CT molecular complexity index is 386. The Balaban J connectivity index is 1.62. The molecular weight excluding hydrogens is 316 g/mol. The van der Waals surface area contributed by atoms with Crippen LogP contribution in [0.5, 0.6) is 0 Å². The van der Waals surface area contributed by atoms with Gasteiger partial charge in [0.05, 0.1) is 6.10 Å². The van der Waals surface area contributed by atoms with Gasteiger partial charge in [0, 0.05) is 17.6 Å². The number of aliphatic hydroxyl groups is 1. The summed E-state index contributed by atoms with van der Waals surface area (Å²) in [6.45, 7) is 6.97. The van der Waals surface area contributed by atoms with Crippen LogP contribution in [0.4, 0.5) is 0 Å². The van der Waals surface area contributed by atoms with E-state index in [1.807, 2.05) is 6.92 Å². The molecule has 0 saturated carbocycles. The summed E-state index contributed by atoms with van der Waals surface area (Å²) in [6.07, 6.45) is 2.27. The van der Waals surface area contributed by atoms with E-state index in [9.17, 15) is 5.11 Å². The Morgan fingerprint density at radius 3 is 2.55 bits per heavy atom. The number of hydrogen-bond acceptors (Lipinski definition) is 3. The molecule has 0 aliphatic carbocycles. The number of aliphatic hydroxyl groups excluding tert-OH is 1. The Hall–Kier alpha value is -0.420. The lowest BCUT2D eigenvalue weighted by Gasteiger charge is -2.32. The van der Waals surface area contributed by atoms with E-state index in [2.05, 4.69) is 50.4 Å². The van der Waals surface area contributed by atoms with Crippen molar-refractivity contribution in [2.24, 2.45) is 5.92 Å². The van der Waals surface area contributed by atoms with Crippen LogP contribution in [-0.2, 0) is 6.54 Å². The van der Waals surface area contributed by atoms with Crippen LogP contribution in [0.25, 0.3) is 0 Å². The highest BCUT2D eigenvalue weighted by Crippen LogP contribution is 2.17. The fourth-order valence-corrected chi connectivity index (χ4v) is 3.03. The number of β-amino-alcohol motifs (C(OH)–C–C–N with tert-alkyl or cyclic N) is 1. The maximum absolute atomic E-state index is 9.40. The first-order chi connectivity index (χ1) is 9.63. The van der Waals surface area contributed by atoms with E-state index < -0.39 is 0 Å². The van der Waals surface area contributed by atoms with Crippen LogP contribution in [-0.4, -0.2) is 42.3 Å². The monoisotopic (exact) mass is 340 g/mol. The van der Waals surface area contributed by atoms with Crippen LogP contribution in [0.1, 0.15) is 25.3 Å². The van der Waals surface area contributed by atoms with Crippen LogP contribution >= 0.6 is 15.9 Å². The van der Waals surface area contributed by atoms with Gasteiger partial charge in [-0.1, -0.05) is 28.1 Å². The average Bonchev–Trinajstić information content (AvgIpc) is 2.42. The molecule has 1 aromatic rings. The zero-order valence-electron chi connectivity index (χ0n) is 12.2. The zero-order chi connectivity index (χ0) is 14.4. The standard InChI is InChI=1S/C16H25BrN2O/c1-13(20)12-19-8-6-15(7-9-19)11-18-10-14-2-4-16(17)5-3-14/h2-5,13,15,18,20H,6-12H2,1H3/t13-/m0/s1. The molecule has 1 saturated heterocycles.